The SMILES string of the molecule is CC(C)C(C)NC(=O)CSC(c1ccc(F)cc1)c1ccc(F)cc1. The molecule has 5 heteroatoms. The molecule has 2 rings (SSSR count). The molecule has 0 radical (unpaired) electrons. The molecule has 0 aliphatic rings. The van der Waals surface area contributed by atoms with E-state index in [2.05, 4.69) is 19.2 Å². The number of rotatable bonds is 7. The summed E-state index contributed by atoms with van der Waals surface area (Å²) in [5.41, 5.74) is 1.76. The van der Waals surface area contributed by atoms with Gasteiger partial charge in [-0.25, -0.2) is 8.78 Å². The second-order valence-electron chi connectivity index (χ2n) is 6.39. The van der Waals surface area contributed by atoms with Gasteiger partial charge in [-0.3, -0.25) is 4.79 Å². The molecule has 1 amide bonds. The third-order valence-electron chi connectivity index (χ3n) is 4.12. The summed E-state index contributed by atoms with van der Waals surface area (Å²) in [6, 6.07) is 12.5. The maximum Gasteiger partial charge on any atom is 0.230 e. The number of thioether (sulfide) groups is 1. The van der Waals surface area contributed by atoms with Gasteiger partial charge in [-0.15, -0.1) is 11.8 Å². The molecule has 0 aromatic heterocycles. The first-order valence-corrected chi connectivity index (χ1v) is 9.33. The van der Waals surface area contributed by atoms with Gasteiger partial charge in [-0.05, 0) is 48.2 Å². The number of benzene rings is 2. The van der Waals surface area contributed by atoms with Crippen molar-refractivity contribution in [1.82, 2.24) is 5.32 Å². The van der Waals surface area contributed by atoms with Crippen molar-refractivity contribution in [3.8, 4) is 0 Å². The largest absolute Gasteiger partial charge is 0.353 e. The van der Waals surface area contributed by atoms with Gasteiger partial charge in [0.15, 0.2) is 0 Å². The van der Waals surface area contributed by atoms with Crippen LogP contribution >= 0.6 is 11.8 Å². The molecule has 2 aromatic rings. The van der Waals surface area contributed by atoms with Crippen molar-refractivity contribution in [2.75, 3.05) is 5.75 Å². The van der Waals surface area contributed by atoms with Crippen LogP contribution in [-0.4, -0.2) is 17.7 Å². The number of carbonyl (C=O) groups excluding carboxylic acids is 1. The van der Waals surface area contributed by atoms with Crippen LogP contribution in [0.2, 0.25) is 0 Å². The fourth-order valence-electron chi connectivity index (χ4n) is 2.28. The van der Waals surface area contributed by atoms with E-state index in [9.17, 15) is 13.6 Å². The lowest BCUT2D eigenvalue weighted by molar-refractivity contribution is -0.119. The van der Waals surface area contributed by atoms with Crippen molar-refractivity contribution in [3.63, 3.8) is 0 Å². The van der Waals surface area contributed by atoms with E-state index in [0.717, 1.165) is 11.1 Å². The van der Waals surface area contributed by atoms with Crippen LogP contribution in [0.1, 0.15) is 37.1 Å². The van der Waals surface area contributed by atoms with Crippen molar-refractivity contribution >= 4 is 17.7 Å². The van der Waals surface area contributed by atoms with Crippen molar-refractivity contribution in [1.29, 1.82) is 0 Å². The Morgan fingerprint density at radius 1 is 0.920 bits per heavy atom. The van der Waals surface area contributed by atoms with Gasteiger partial charge < -0.3 is 5.32 Å². The first-order chi connectivity index (χ1) is 11.9. The van der Waals surface area contributed by atoms with E-state index in [0.29, 0.717) is 5.92 Å². The Bertz CT molecular complexity index is 640. The minimum absolute atomic E-state index is 0.0413. The Morgan fingerprint density at radius 3 is 1.76 bits per heavy atom. The molecule has 1 atom stereocenters. The van der Waals surface area contributed by atoms with Gasteiger partial charge in [0.1, 0.15) is 11.6 Å². The summed E-state index contributed by atoms with van der Waals surface area (Å²) in [6.07, 6.45) is 0. The molecule has 0 saturated heterocycles. The predicted octanol–water partition coefficient (Wildman–Crippen LogP) is 4.95. The fourth-order valence-corrected chi connectivity index (χ4v) is 3.38. The summed E-state index contributed by atoms with van der Waals surface area (Å²) < 4.78 is 26.4. The highest BCUT2D eigenvalue weighted by Crippen LogP contribution is 2.35. The number of hydrogen-bond donors (Lipinski definition) is 1. The Kier molecular flexibility index (Phi) is 7.00. The summed E-state index contributed by atoms with van der Waals surface area (Å²) >= 11 is 1.44. The molecule has 0 heterocycles. The van der Waals surface area contributed by atoms with Crippen molar-refractivity contribution in [2.45, 2.75) is 32.1 Å². The Labute approximate surface area is 152 Å². The molecule has 2 nitrogen and oxygen atoms in total. The first-order valence-electron chi connectivity index (χ1n) is 8.28. The van der Waals surface area contributed by atoms with Crippen molar-refractivity contribution < 1.29 is 13.6 Å². The van der Waals surface area contributed by atoms with Crippen LogP contribution in [0.5, 0.6) is 0 Å². The van der Waals surface area contributed by atoms with Crippen LogP contribution in [0.4, 0.5) is 8.78 Å². The summed E-state index contributed by atoms with van der Waals surface area (Å²) in [7, 11) is 0. The zero-order chi connectivity index (χ0) is 18.4. The Hall–Kier alpha value is -1.88. The molecular formula is C20H23F2NOS. The van der Waals surface area contributed by atoms with Crippen LogP contribution in [-0.2, 0) is 4.79 Å². The standard InChI is InChI=1S/C20H23F2NOS/c1-13(2)14(3)23-19(24)12-25-20(15-4-8-17(21)9-5-15)16-6-10-18(22)11-7-16/h4-11,13-14,20H,12H2,1-3H3,(H,23,24). The van der Waals surface area contributed by atoms with Crippen LogP contribution in [0.25, 0.3) is 0 Å². The highest BCUT2D eigenvalue weighted by atomic mass is 32.2. The van der Waals surface area contributed by atoms with E-state index in [1.807, 2.05) is 6.92 Å². The molecule has 134 valence electrons. The monoisotopic (exact) mass is 363 g/mol. The number of halogens is 2. The minimum atomic E-state index is -0.310. The lowest BCUT2D eigenvalue weighted by atomic mass is 10.0. The topological polar surface area (TPSA) is 29.1 Å². The van der Waals surface area contributed by atoms with Crippen LogP contribution in [0, 0.1) is 17.6 Å². The first kappa shape index (κ1) is 19.4. The molecule has 0 aliphatic carbocycles. The number of hydrogen-bond acceptors (Lipinski definition) is 2. The molecule has 1 N–H and O–H groups in total. The van der Waals surface area contributed by atoms with Crippen molar-refractivity contribution in [2.24, 2.45) is 5.92 Å². The molecule has 1 unspecified atom stereocenters. The van der Waals surface area contributed by atoms with Crippen LogP contribution in [0.15, 0.2) is 48.5 Å². The summed E-state index contributed by atoms with van der Waals surface area (Å²) in [5, 5.41) is 2.81. The normalized spacial score (nSPS) is 12.4. The number of carbonyl (C=O) groups is 1. The van der Waals surface area contributed by atoms with E-state index < -0.39 is 0 Å². The third kappa shape index (κ3) is 5.85. The molecule has 0 bridgehead atoms. The van der Waals surface area contributed by atoms with E-state index in [1.54, 1.807) is 24.3 Å². The summed E-state index contributed by atoms with van der Waals surface area (Å²) in [4.78, 5) is 12.2. The average Bonchev–Trinajstić information content (AvgIpc) is 2.58. The smallest absolute Gasteiger partial charge is 0.230 e. The number of amides is 1. The molecule has 0 fully saturated rings. The summed E-state index contributed by atoms with van der Waals surface area (Å²) in [6.45, 7) is 6.08. The maximum atomic E-state index is 13.2. The van der Waals surface area contributed by atoms with Gasteiger partial charge in [-0.1, -0.05) is 38.1 Å². The molecule has 2 aromatic carbocycles. The van der Waals surface area contributed by atoms with Gasteiger partial charge >= 0.3 is 0 Å². The highest BCUT2D eigenvalue weighted by Gasteiger charge is 2.18. The lowest BCUT2D eigenvalue weighted by Crippen LogP contribution is -2.37. The van der Waals surface area contributed by atoms with E-state index in [1.165, 1.54) is 36.0 Å². The predicted molar refractivity (Wildman–Crippen MR) is 99.5 cm³/mol. The Balaban J connectivity index is 2.13. The lowest BCUT2D eigenvalue weighted by Gasteiger charge is -2.20. The van der Waals surface area contributed by atoms with Gasteiger partial charge in [0, 0.05) is 6.04 Å². The van der Waals surface area contributed by atoms with Crippen LogP contribution < -0.4 is 5.32 Å². The van der Waals surface area contributed by atoms with Gasteiger partial charge in [0.25, 0.3) is 0 Å². The molecule has 0 aliphatic heterocycles. The molecule has 0 spiro atoms. The van der Waals surface area contributed by atoms with Gasteiger partial charge in [0.2, 0.25) is 5.91 Å². The zero-order valence-corrected chi connectivity index (χ0v) is 15.4. The summed E-state index contributed by atoms with van der Waals surface area (Å²) in [5.74, 6) is -0.0270. The highest BCUT2D eigenvalue weighted by molar-refractivity contribution is 8.00. The zero-order valence-electron chi connectivity index (χ0n) is 14.6. The average molecular weight is 363 g/mol. The van der Waals surface area contributed by atoms with E-state index in [-0.39, 0.29) is 34.6 Å². The molecular weight excluding hydrogens is 340 g/mol. The second kappa shape index (κ2) is 8.99. The third-order valence-corrected chi connectivity index (χ3v) is 5.42. The number of nitrogens with one attached hydrogen (secondary N) is 1. The molecule has 0 saturated carbocycles. The quantitative estimate of drug-likeness (QED) is 0.754. The van der Waals surface area contributed by atoms with Crippen molar-refractivity contribution in [3.05, 3.63) is 71.3 Å². The maximum absolute atomic E-state index is 13.2. The van der Waals surface area contributed by atoms with E-state index in [4.69, 9.17) is 0 Å². The molecule has 25 heavy (non-hydrogen) atoms. The Morgan fingerprint density at radius 2 is 1.36 bits per heavy atom. The van der Waals surface area contributed by atoms with Gasteiger partial charge in [0.05, 0.1) is 11.0 Å². The van der Waals surface area contributed by atoms with Crippen LogP contribution in [0.3, 0.4) is 0 Å². The minimum Gasteiger partial charge on any atom is -0.353 e. The van der Waals surface area contributed by atoms with Gasteiger partial charge in [-0.2, -0.15) is 0 Å². The fraction of sp³-hybridized carbons (Fsp3) is 0.350. The van der Waals surface area contributed by atoms with E-state index >= 15 is 0 Å². The second-order valence-corrected chi connectivity index (χ2v) is 7.49.